The molecule has 38 heavy (non-hydrogen) atoms. The molecule has 10 heteroatoms. The van der Waals surface area contributed by atoms with E-state index in [0.717, 1.165) is 17.0 Å². The number of nitrogens with one attached hydrogen (secondary N) is 1. The lowest BCUT2D eigenvalue weighted by Crippen LogP contribution is -2.38. The van der Waals surface area contributed by atoms with Crippen LogP contribution in [0.5, 0.6) is 0 Å². The van der Waals surface area contributed by atoms with Crippen LogP contribution in [0.2, 0.25) is 0 Å². The third-order valence-electron chi connectivity index (χ3n) is 7.55. The van der Waals surface area contributed by atoms with E-state index in [2.05, 4.69) is 15.4 Å². The van der Waals surface area contributed by atoms with E-state index in [9.17, 15) is 18.4 Å². The Morgan fingerprint density at radius 1 is 1.18 bits per heavy atom. The number of aryl methyl sites for hydroxylation is 1. The molecule has 0 saturated carbocycles. The van der Waals surface area contributed by atoms with Gasteiger partial charge in [0.2, 0.25) is 11.8 Å². The standard InChI is InChI=1S/C28H30ClF2N5O2/c1-3-36-27-18-9-11-32-21(13-18)23(6-4-5-16(2)28(38)34-22(27)15-33-36)35-12-10-17(14-24(35)37)25-20(30)8-7-19(29)26(25)31/h9,11,13-16,23H,3-8,10,12H2,1-2H3,(H,34,38)/t16-,23+/m1/s1. The van der Waals surface area contributed by atoms with Gasteiger partial charge in [-0.25, -0.2) is 8.78 Å². The van der Waals surface area contributed by atoms with Gasteiger partial charge in [0.05, 0.1) is 34.3 Å². The number of aromatic nitrogens is 3. The minimum Gasteiger partial charge on any atom is -0.330 e. The maximum absolute atomic E-state index is 14.7. The van der Waals surface area contributed by atoms with Crippen molar-refractivity contribution in [3.8, 4) is 11.3 Å². The molecule has 0 saturated heterocycles. The van der Waals surface area contributed by atoms with Gasteiger partial charge in [-0.15, -0.1) is 0 Å². The molecule has 0 spiro atoms. The zero-order valence-corrected chi connectivity index (χ0v) is 22.2. The van der Waals surface area contributed by atoms with Crippen LogP contribution in [-0.4, -0.2) is 38.0 Å². The first-order valence-electron chi connectivity index (χ1n) is 13.1. The molecule has 0 aromatic carbocycles. The van der Waals surface area contributed by atoms with Crippen LogP contribution >= 0.6 is 11.6 Å². The fourth-order valence-corrected chi connectivity index (χ4v) is 5.64. The Labute approximate surface area is 225 Å². The van der Waals surface area contributed by atoms with Gasteiger partial charge in [-0.3, -0.25) is 19.3 Å². The molecule has 2 aromatic heterocycles. The normalized spacial score (nSPS) is 23.0. The van der Waals surface area contributed by atoms with Gasteiger partial charge in [-0.05, 0) is 50.3 Å². The van der Waals surface area contributed by atoms with Gasteiger partial charge >= 0.3 is 0 Å². The highest BCUT2D eigenvalue weighted by Crippen LogP contribution is 2.41. The molecule has 200 valence electrons. The predicted octanol–water partition coefficient (Wildman–Crippen LogP) is 6.36. The van der Waals surface area contributed by atoms with Crippen LogP contribution in [0, 0.1) is 5.92 Å². The summed E-state index contributed by atoms with van der Waals surface area (Å²) in [5, 5.41) is 7.46. The summed E-state index contributed by atoms with van der Waals surface area (Å²) in [6.07, 6.45) is 7.06. The molecule has 2 aliphatic heterocycles. The number of amides is 2. The molecule has 3 aliphatic rings. The number of allylic oxidation sites excluding steroid dienone is 4. The maximum Gasteiger partial charge on any atom is 0.247 e. The minimum absolute atomic E-state index is 0.0126. The zero-order chi connectivity index (χ0) is 27.0. The van der Waals surface area contributed by atoms with E-state index in [4.69, 9.17) is 11.6 Å². The number of carbonyl (C=O) groups excluding carboxylic acids is 2. The summed E-state index contributed by atoms with van der Waals surface area (Å²) < 4.78 is 31.1. The SMILES string of the molecule is CCn1ncc2c1-c1ccnc(c1)[C@@H](N1CCC(C3=C(F)CCC(Cl)=C3F)=CC1=O)CCC[C@@H](C)C(=O)N2. The summed E-state index contributed by atoms with van der Waals surface area (Å²) >= 11 is 5.97. The average molecular weight is 542 g/mol. The van der Waals surface area contributed by atoms with E-state index in [1.165, 1.54) is 6.08 Å². The first kappa shape index (κ1) is 26.3. The van der Waals surface area contributed by atoms with Gasteiger partial charge in [0.15, 0.2) is 0 Å². The first-order valence-corrected chi connectivity index (χ1v) is 13.4. The van der Waals surface area contributed by atoms with Gasteiger partial charge in [-0.1, -0.05) is 24.9 Å². The number of nitrogens with zero attached hydrogens (tertiary/aromatic N) is 4. The predicted molar refractivity (Wildman–Crippen MR) is 141 cm³/mol. The summed E-state index contributed by atoms with van der Waals surface area (Å²) in [6.45, 7) is 4.77. The molecule has 0 radical (unpaired) electrons. The third kappa shape index (κ3) is 4.91. The average Bonchev–Trinajstić information content (AvgIpc) is 3.31. The Hall–Kier alpha value is -3.33. The van der Waals surface area contributed by atoms with Crippen molar-refractivity contribution in [3.05, 3.63) is 64.1 Å². The topological polar surface area (TPSA) is 80.1 Å². The van der Waals surface area contributed by atoms with E-state index < -0.39 is 11.7 Å². The number of rotatable bonds is 3. The Morgan fingerprint density at radius 3 is 2.76 bits per heavy atom. The highest BCUT2D eigenvalue weighted by atomic mass is 35.5. The summed E-state index contributed by atoms with van der Waals surface area (Å²) in [7, 11) is 0. The lowest BCUT2D eigenvalue weighted by molar-refractivity contribution is -0.129. The molecular formula is C28H30ClF2N5O2. The van der Waals surface area contributed by atoms with E-state index in [1.54, 1.807) is 17.3 Å². The molecule has 1 N–H and O–H groups in total. The second-order valence-corrected chi connectivity index (χ2v) is 10.4. The number of hydrogen-bond donors (Lipinski definition) is 1. The van der Waals surface area contributed by atoms with Gasteiger partial charge in [0.1, 0.15) is 11.7 Å². The smallest absolute Gasteiger partial charge is 0.247 e. The van der Waals surface area contributed by atoms with Gasteiger partial charge in [-0.2, -0.15) is 5.10 Å². The molecule has 1 aliphatic carbocycles. The Morgan fingerprint density at radius 2 is 2.00 bits per heavy atom. The van der Waals surface area contributed by atoms with Gasteiger partial charge < -0.3 is 10.2 Å². The number of carbonyl (C=O) groups is 2. The van der Waals surface area contributed by atoms with E-state index >= 15 is 0 Å². The van der Waals surface area contributed by atoms with Crippen molar-refractivity contribution in [1.29, 1.82) is 0 Å². The van der Waals surface area contributed by atoms with Crippen molar-refractivity contribution in [2.75, 3.05) is 11.9 Å². The molecule has 0 unspecified atom stereocenters. The fourth-order valence-electron chi connectivity index (χ4n) is 5.45. The van der Waals surface area contributed by atoms with Crippen LogP contribution in [0.3, 0.4) is 0 Å². The van der Waals surface area contributed by atoms with Crippen LogP contribution in [0.4, 0.5) is 14.5 Å². The maximum atomic E-state index is 14.7. The minimum atomic E-state index is -0.779. The van der Waals surface area contributed by atoms with Crippen molar-refractivity contribution in [2.24, 2.45) is 5.92 Å². The Kier molecular flexibility index (Phi) is 7.47. The van der Waals surface area contributed by atoms with Gasteiger partial charge in [0.25, 0.3) is 0 Å². The molecule has 2 aromatic rings. The second kappa shape index (κ2) is 10.8. The Balaban J connectivity index is 1.52. The number of halogens is 3. The monoisotopic (exact) mass is 541 g/mol. The number of pyridine rings is 1. The Bertz CT molecular complexity index is 1380. The van der Waals surface area contributed by atoms with Crippen LogP contribution in [0.1, 0.15) is 64.1 Å². The molecule has 5 rings (SSSR count). The van der Waals surface area contributed by atoms with Crippen molar-refractivity contribution in [2.45, 2.75) is 65.0 Å². The van der Waals surface area contributed by atoms with Crippen LogP contribution in [0.25, 0.3) is 11.3 Å². The summed E-state index contributed by atoms with van der Waals surface area (Å²) in [5.41, 5.74) is 3.13. The quantitative estimate of drug-likeness (QED) is 0.490. The summed E-state index contributed by atoms with van der Waals surface area (Å²) in [6, 6.07) is 3.44. The molecule has 2 amide bonds. The third-order valence-corrected chi connectivity index (χ3v) is 7.90. The number of hydrogen-bond acceptors (Lipinski definition) is 4. The highest BCUT2D eigenvalue weighted by Gasteiger charge is 2.33. The highest BCUT2D eigenvalue weighted by molar-refractivity contribution is 6.30. The lowest BCUT2D eigenvalue weighted by atomic mass is 9.91. The van der Waals surface area contributed by atoms with Crippen LogP contribution < -0.4 is 5.32 Å². The first-order chi connectivity index (χ1) is 18.3. The van der Waals surface area contributed by atoms with Crippen molar-refractivity contribution in [1.82, 2.24) is 19.7 Å². The van der Waals surface area contributed by atoms with E-state index in [0.29, 0.717) is 43.5 Å². The van der Waals surface area contributed by atoms with E-state index in [1.807, 2.05) is 30.7 Å². The van der Waals surface area contributed by atoms with E-state index in [-0.39, 0.29) is 53.8 Å². The van der Waals surface area contributed by atoms with Crippen LogP contribution in [0.15, 0.2) is 58.4 Å². The summed E-state index contributed by atoms with van der Waals surface area (Å²) in [4.78, 5) is 32.7. The zero-order valence-electron chi connectivity index (χ0n) is 21.4. The molecular weight excluding hydrogens is 512 g/mol. The number of anilines is 1. The van der Waals surface area contributed by atoms with Crippen LogP contribution in [-0.2, 0) is 16.1 Å². The molecule has 2 atom stereocenters. The van der Waals surface area contributed by atoms with Gasteiger partial charge in [0, 0.05) is 48.8 Å². The number of fused-ring (bicyclic) bond motifs is 4. The van der Waals surface area contributed by atoms with Crippen molar-refractivity contribution in [3.63, 3.8) is 0 Å². The molecule has 0 fully saturated rings. The molecule has 7 nitrogen and oxygen atoms in total. The fraction of sp³-hybridized carbons (Fsp3) is 0.429. The van der Waals surface area contributed by atoms with Crippen molar-refractivity contribution < 1.29 is 18.4 Å². The largest absolute Gasteiger partial charge is 0.330 e. The van der Waals surface area contributed by atoms with Crippen molar-refractivity contribution >= 4 is 29.1 Å². The molecule has 4 heterocycles. The second-order valence-electron chi connectivity index (χ2n) is 9.98. The summed E-state index contributed by atoms with van der Waals surface area (Å²) in [5.74, 6) is -1.99. The molecule has 2 bridgehead atoms. The lowest BCUT2D eigenvalue weighted by Gasteiger charge is -2.35.